The number of carbonyl (C=O) groups is 1. The molecule has 1 heterocycles. The molecule has 0 aliphatic rings. The number of rotatable bonds is 3. The fourth-order valence-electron chi connectivity index (χ4n) is 1.74. The molecule has 0 unspecified atom stereocenters. The van der Waals surface area contributed by atoms with Gasteiger partial charge in [-0.3, -0.25) is 9.78 Å². The summed E-state index contributed by atoms with van der Waals surface area (Å²) in [7, 11) is 0. The van der Waals surface area contributed by atoms with Crippen LogP contribution in [0.15, 0.2) is 36.7 Å². The number of benzene rings is 1. The van der Waals surface area contributed by atoms with Crippen LogP contribution in [0.1, 0.15) is 21.5 Å². The summed E-state index contributed by atoms with van der Waals surface area (Å²) in [4.78, 5) is 15.8. The monoisotopic (exact) mass is 259 g/mol. The molecular weight excluding hydrogens is 245 g/mol. The second-order valence-electron chi connectivity index (χ2n) is 4.24. The van der Waals surface area contributed by atoms with E-state index in [4.69, 9.17) is 5.73 Å². The van der Waals surface area contributed by atoms with Crippen LogP contribution in [0, 0.1) is 12.7 Å². The van der Waals surface area contributed by atoms with Crippen molar-refractivity contribution in [3.05, 3.63) is 59.2 Å². The Morgan fingerprint density at radius 3 is 2.74 bits per heavy atom. The molecule has 2 rings (SSSR count). The van der Waals surface area contributed by atoms with Crippen LogP contribution in [0.2, 0.25) is 0 Å². The van der Waals surface area contributed by atoms with Gasteiger partial charge in [0.1, 0.15) is 5.82 Å². The maximum Gasteiger partial charge on any atom is 0.254 e. The van der Waals surface area contributed by atoms with Crippen molar-refractivity contribution in [1.29, 1.82) is 0 Å². The third-order valence-corrected chi connectivity index (χ3v) is 2.72. The van der Waals surface area contributed by atoms with E-state index in [0.717, 1.165) is 5.56 Å². The van der Waals surface area contributed by atoms with Gasteiger partial charge in [0.25, 0.3) is 5.91 Å². The molecule has 0 radical (unpaired) electrons. The molecule has 0 aliphatic heterocycles. The minimum atomic E-state index is -0.540. The molecule has 0 spiro atoms. The third-order valence-electron chi connectivity index (χ3n) is 2.72. The van der Waals surface area contributed by atoms with Gasteiger partial charge in [-0.05, 0) is 42.3 Å². The van der Waals surface area contributed by atoms with Crippen molar-refractivity contribution in [2.45, 2.75) is 13.5 Å². The number of carbonyl (C=O) groups excluding carboxylic acids is 1. The van der Waals surface area contributed by atoms with E-state index in [1.54, 1.807) is 31.5 Å². The van der Waals surface area contributed by atoms with Gasteiger partial charge in [0.2, 0.25) is 0 Å². The first kappa shape index (κ1) is 13.0. The van der Waals surface area contributed by atoms with Crippen LogP contribution in [0.25, 0.3) is 0 Å². The summed E-state index contributed by atoms with van der Waals surface area (Å²) in [6, 6.07) is 6.39. The van der Waals surface area contributed by atoms with Crippen LogP contribution in [0.4, 0.5) is 10.1 Å². The Balaban J connectivity index is 2.13. The highest BCUT2D eigenvalue weighted by molar-refractivity contribution is 5.95. The lowest BCUT2D eigenvalue weighted by molar-refractivity contribution is 0.0946. The SMILES string of the molecule is Cc1cc(N)cc(C(=O)NCc2ccncc2)c1F. The van der Waals surface area contributed by atoms with Crippen LogP contribution >= 0.6 is 0 Å². The molecule has 0 saturated carbocycles. The quantitative estimate of drug-likeness (QED) is 0.829. The van der Waals surface area contributed by atoms with Crippen LogP contribution in [-0.2, 0) is 6.54 Å². The first-order valence-corrected chi connectivity index (χ1v) is 5.80. The Morgan fingerprint density at radius 1 is 1.37 bits per heavy atom. The van der Waals surface area contributed by atoms with E-state index < -0.39 is 11.7 Å². The molecular formula is C14H14FN3O. The number of amides is 1. The lowest BCUT2D eigenvalue weighted by Crippen LogP contribution is -2.24. The summed E-state index contributed by atoms with van der Waals surface area (Å²) in [5.41, 5.74) is 7.20. The van der Waals surface area contributed by atoms with Gasteiger partial charge < -0.3 is 11.1 Å². The zero-order chi connectivity index (χ0) is 13.8. The number of pyridine rings is 1. The van der Waals surface area contributed by atoms with Gasteiger partial charge in [0, 0.05) is 24.6 Å². The van der Waals surface area contributed by atoms with Gasteiger partial charge in [-0.25, -0.2) is 4.39 Å². The topological polar surface area (TPSA) is 68.0 Å². The number of hydrogen-bond acceptors (Lipinski definition) is 3. The molecule has 1 aromatic carbocycles. The Hall–Kier alpha value is -2.43. The largest absolute Gasteiger partial charge is 0.399 e. The highest BCUT2D eigenvalue weighted by Crippen LogP contribution is 2.17. The molecule has 0 saturated heterocycles. The van der Waals surface area contributed by atoms with E-state index in [-0.39, 0.29) is 5.56 Å². The van der Waals surface area contributed by atoms with E-state index in [9.17, 15) is 9.18 Å². The van der Waals surface area contributed by atoms with E-state index in [0.29, 0.717) is 17.8 Å². The van der Waals surface area contributed by atoms with Crippen molar-refractivity contribution >= 4 is 11.6 Å². The normalized spacial score (nSPS) is 10.2. The fraction of sp³-hybridized carbons (Fsp3) is 0.143. The maximum absolute atomic E-state index is 13.8. The Labute approximate surface area is 110 Å². The number of nitrogens with one attached hydrogen (secondary N) is 1. The Bertz CT molecular complexity index is 599. The molecule has 19 heavy (non-hydrogen) atoms. The molecule has 5 heteroatoms. The van der Waals surface area contributed by atoms with Crippen molar-refractivity contribution < 1.29 is 9.18 Å². The summed E-state index contributed by atoms with van der Waals surface area (Å²) in [6.07, 6.45) is 3.26. The molecule has 2 aromatic rings. The van der Waals surface area contributed by atoms with Crippen LogP contribution < -0.4 is 11.1 Å². The van der Waals surface area contributed by atoms with Gasteiger partial charge in [-0.15, -0.1) is 0 Å². The van der Waals surface area contributed by atoms with Gasteiger partial charge in [-0.1, -0.05) is 0 Å². The highest BCUT2D eigenvalue weighted by atomic mass is 19.1. The smallest absolute Gasteiger partial charge is 0.254 e. The highest BCUT2D eigenvalue weighted by Gasteiger charge is 2.14. The number of hydrogen-bond donors (Lipinski definition) is 2. The molecule has 0 bridgehead atoms. The fourth-order valence-corrected chi connectivity index (χ4v) is 1.74. The molecule has 0 atom stereocenters. The molecule has 98 valence electrons. The minimum absolute atomic E-state index is 0.0356. The van der Waals surface area contributed by atoms with Gasteiger partial charge in [-0.2, -0.15) is 0 Å². The number of aryl methyl sites for hydroxylation is 1. The number of anilines is 1. The second-order valence-corrected chi connectivity index (χ2v) is 4.24. The molecule has 0 aliphatic carbocycles. The first-order chi connectivity index (χ1) is 9.08. The molecule has 1 amide bonds. The summed E-state index contributed by atoms with van der Waals surface area (Å²) < 4.78 is 13.8. The van der Waals surface area contributed by atoms with Crippen LogP contribution in [0.5, 0.6) is 0 Å². The number of halogens is 1. The van der Waals surface area contributed by atoms with Crippen LogP contribution in [0.3, 0.4) is 0 Å². The van der Waals surface area contributed by atoms with Gasteiger partial charge in [0.05, 0.1) is 5.56 Å². The summed E-state index contributed by atoms with van der Waals surface area (Å²) in [5.74, 6) is -1.02. The van der Waals surface area contributed by atoms with E-state index in [1.807, 2.05) is 0 Å². The lowest BCUT2D eigenvalue weighted by atomic mass is 10.1. The van der Waals surface area contributed by atoms with Crippen molar-refractivity contribution in [3.8, 4) is 0 Å². The third kappa shape index (κ3) is 3.07. The number of nitrogens with two attached hydrogens (primary N) is 1. The molecule has 3 N–H and O–H groups in total. The van der Waals surface area contributed by atoms with E-state index in [1.165, 1.54) is 12.1 Å². The Kier molecular flexibility index (Phi) is 3.75. The standard InChI is InChI=1S/C14H14FN3O/c1-9-6-11(16)7-12(13(9)15)14(19)18-8-10-2-4-17-5-3-10/h2-7H,8,16H2,1H3,(H,18,19). The van der Waals surface area contributed by atoms with Crippen molar-refractivity contribution in [1.82, 2.24) is 10.3 Å². The van der Waals surface area contributed by atoms with Gasteiger partial charge >= 0.3 is 0 Å². The van der Waals surface area contributed by atoms with E-state index >= 15 is 0 Å². The van der Waals surface area contributed by atoms with Crippen molar-refractivity contribution in [3.63, 3.8) is 0 Å². The average Bonchev–Trinajstić information content (AvgIpc) is 2.41. The molecule has 1 aromatic heterocycles. The second kappa shape index (κ2) is 5.48. The van der Waals surface area contributed by atoms with E-state index in [2.05, 4.69) is 10.3 Å². The predicted octanol–water partition coefficient (Wildman–Crippen LogP) is 2.04. The zero-order valence-electron chi connectivity index (χ0n) is 10.5. The van der Waals surface area contributed by atoms with Crippen LogP contribution in [-0.4, -0.2) is 10.9 Å². The maximum atomic E-state index is 13.8. The first-order valence-electron chi connectivity index (χ1n) is 5.80. The molecule has 0 fully saturated rings. The predicted molar refractivity (Wildman–Crippen MR) is 71.0 cm³/mol. The number of nitrogens with zero attached hydrogens (tertiary/aromatic N) is 1. The molecule has 4 nitrogen and oxygen atoms in total. The lowest BCUT2D eigenvalue weighted by Gasteiger charge is -2.08. The number of nitrogen functional groups attached to an aromatic ring is 1. The minimum Gasteiger partial charge on any atom is -0.399 e. The van der Waals surface area contributed by atoms with Crippen molar-refractivity contribution in [2.75, 3.05) is 5.73 Å². The van der Waals surface area contributed by atoms with Gasteiger partial charge in [0.15, 0.2) is 0 Å². The summed E-state index contributed by atoms with van der Waals surface area (Å²) in [5, 5.41) is 2.65. The zero-order valence-corrected chi connectivity index (χ0v) is 10.5. The van der Waals surface area contributed by atoms with Crippen molar-refractivity contribution in [2.24, 2.45) is 0 Å². The summed E-state index contributed by atoms with van der Waals surface area (Å²) in [6.45, 7) is 1.89. The Morgan fingerprint density at radius 2 is 2.05 bits per heavy atom. The summed E-state index contributed by atoms with van der Waals surface area (Å²) >= 11 is 0. The average molecular weight is 259 g/mol. The number of aromatic nitrogens is 1.